The quantitative estimate of drug-likeness (QED) is 0.221. The Morgan fingerprint density at radius 2 is 0.956 bits per heavy atom. The first kappa shape index (κ1) is 33.3. The summed E-state index contributed by atoms with van der Waals surface area (Å²) in [5, 5.41) is 0. The third-order valence-corrected chi connectivity index (χ3v) is 8.53. The number of ether oxygens (including phenoxy) is 7. The van der Waals surface area contributed by atoms with Gasteiger partial charge >= 0.3 is 5.97 Å². The fraction of sp³-hybridized carbons (Fsp3) is 0.486. The molecule has 2 fully saturated rings. The monoisotopic (exact) mass is 618 g/mol. The van der Waals surface area contributed by atoms with E-state index >= 15 is 0 Å². The molecule has 2 aliphatic heterocycles. The number of carbonyl (C=O) groups excluding carboxylic acids is 1. The second-order valence-electron chi connectivity index (χ2n) is 12.1. The van der Waals surface area contributed by atoms with E-state index in [1.165, 1.54) is 6.92 Å². The molecule has 242 valence electrons. The van der Waals surface area contributed by atoms with E-state index in [1.54, 1.807) is 0 Å². The van der Waals surface area contributed by atoms with Crippen LogP contribution in [0.5, 0.6) is 0 Å². The summed E-state index contributed by atoms with van der Waals surface area (Å²) in [5.74, 6) is -0.642. The van der Waals surface area contributed by atoms with E-state index in [2.05, 4.69) is 6.92 Å². The number of hydrogen-bond acceptors (Lipinski definition) is 8. The molecule has 8 heteroatoms. The molecule has 8 nitrogen and oxygen atoms in total. The van der Waals surface area contributed by atoms with Gasteiger partial charge in [-0.25, -0.2) is 0 Å². The van der Waals surface area contributed by atoms with Gasteiger partial charge in [-0.2, -0.15) is 0 Å². The largest absolute Gasteiger partial charge is 0.457 e. The molecule has 10 atom stereocenters. The number of esters is 1. The van der Waals surface area contributed by atoms with E-state index in [0.29, 0.717) is 19.8 Å². The van der Waals surface area contributed by atoms with Crippen molar-refractivity contribution in [2.45, 2.75) is 110 Å². The summed E-state index contributed by atoms with van der Waals surface area (Å²) in [6.45, 7) is 10.5. The van der Waals surface area contributed by atoms with Crippen molar-refractivity contribution in [3.63, 3.8) is 0 Å². The summed E-state index contributed by atoms with van der Waals surface area (Å²) < 4.78 is 44.9. The maximum Gasteiger partial charge on any atom is 0.303 e. The lowest BCUT2D eigenvalue weighted by molar-refractivity contribution is -0.335. The van der Waals surface area contributed by atoms with Gasteiger partial charge in [0.1, 0.15) is 18.3 Å². The maximum absolute atomic E-state index is 12.2. The zero-order valence-corrected chi connectivity index (χ0v) is 26.8. The number of hydrogen-bond donors (Lipinski definition) is 0. The van der Waals surface area contributed by atoms with Gasteiger partial charge in [0.15, 0.2) is 12.4 Å². The molecular weight excluding hydrogens is 572 g/mol. The average molecular weight is 619 g/mol. The fourth-order valence-corrected chi connectivity index (χ4v) is 6.18. The Bertz CT molecular complexity index is 1310. The average Bonchev–Trinajstić information content (AvgIpc) is 3.04. The van der Waals surface area contributed by atoms with Crippen LogP contribution < -0.4 is 0 Å². The molecule has 5 rings (SSSR count). The molecule has 0 aliphatic carbocycles. The van der Waals surface area contributed by atoms with Crippen LogP contribution in [-0.4, -0.2) is 61.1 Å². The normalized spacial score (nSPS) is 31.8. The highest BCUT2D eigenvalue weighted by Crippen LogP contribution is 2.36. The SMILES string of the molecule is CC(=O)OC1C(C)OC(C)[C@@H](OCc2ccccc2)[C@@H]1O[C@@H]1OC(C)[C@@H](OCc2ccccc2)[C@H](OCc2ccccc2)C1C. The van der Waals surface area contributed by atoms with Crippen LogP contribution in [0.2, 0.25) is 0 Å². The maximum atomic E-state index is 12.2. The van der Waals surface area contributed by atoms with Gasteiger partial charge in [-0.3, -0.25) is 4.79 Å². The summed E-state index contributed by atoms with van der Waals surface area (Å²) in [7, 11) is 0. The van der Waals surface area contributed by atoms with Crippen LogP contribution in [0.1, 0.15) is 51.3 Å². The highest BCUT2D eigenvalue weighted by molar-refractivity contribution is 5.66. The predicted octanol–water partition coefficient (Wildman–Crippen LogP) is 6.25. The summed E-state index contributed by atoms with van der Waals surface area (Å²) in [5.41, 5.74) is 3.17. The smallest absolute Gasteiger partial charge is 0.303 e. The van der Waals surface area contributed by atoms with Gasteiger partial charge in [0.05, 0.1) is 44.2 Å². The van der Waals surface area contributed by atoms with E-state index in [1.807, 2.05) is 112 Å². The van der Waals surface area contributed by atoms with Gasteiger partial charge in [-0.15, -0.1) is 0 Å². The van der Waals surface area contributed by atoms with Gasteiger partial charge < -0.3 is 33.2 Å². The predicted molar refractivity (Wildman–Crippen MR) is 169 cm³/mol. The van der Waals surface area contributed by atoms with Gasteiger partial charge in [0.2, 0.25) is 0 Å². The summed E-state index contributed by atoms with van der Waals surface area (Å²) >= 11 is 0. The molecule has 2 aliphatic rings. The van der Waals surface area contributed by atoms with Crippen molar-refractivity contribution in [1.82, 2.24) is 0 Å². The second kappa shape index (κ2) is 15.9. The number of benzene rings is 3. The van der Waals surface area contributed by atoms with Gasteiger partial charge in [0.25, 0.3) is 0 Å². The van der Waals surface area contributed by atoms with E-state index < -0.39 is 36.7 Å². The van der Waals surface area contributed by atoms with Crippen molar-refractivity contribution in [3.8, 4) is 0 Å². The van der Waals surface area contributed by atoms with Crippen molar-refractivity contribution in [2.24, 2.45) is 5.92 Å². The zero-order chi connectivity index (χ0) is 31.8. The molecule has 5 unspecified atom stereocenters. The summed E-state index contributed by atoms with van der Waals surface area (Å²) in [6, 6.07) is 30.1. The van der Waals surface area contributed by atoms with Gasteiger partial charge in [-0.05, 0) is 37.5 Å². The fourth-order valence-electron chi connectivity index (χ4n) is 6.18. The first-order valence-electron chi connectivity index (χ1n) is 15.9. The third-order valence-electron chi connectivity index (χ3n) is 8.53. The molecule has 2 saturated heterocycles. The molecule has 2 heterocycles. The first-order valence-corrected chi connectivity index (χ1v) is 15.9. The van der Waals surface area contributed by atoms with Crippen LogP contribution in [0.15, 0.2) is 91.0 Å². The van der Waals surface area contributed by atoms with Crippen molar-refractivity contribution in [3.05, 3.63) is 108 Å². The molecule has 0 bridgehead atoms. The molecule has 0 spiro atoms. The van der Waals surface area contributed by atoms with Gasteiger partial charge in [-0.1, -0.05) is 97.9 Å². The molecule has 45 heavy (non-hydrogen) atoms. The van der Waals surface area contributed by atoms with Crippen LogP contribution >= 0.6 is 0 Å². The van der Waals surface area contributed by atoms with Crippen LogP contribution in [0.4, 0.5) is 0 Å². The standard InChI is InChI=1S/C37H46O8/c1-24-32(39-21-29-15-9-6-10-16-29)33(40-22-30-17-11-7-12-18-30)26(3)43-37(24)45-36-34(41-23-31-19-13-8-14-20-31)25(2)42-27(4)35(36)44-28(5)38/h6-20,24-27,32-37H,21-23H2,1-5H3/t24?,25?,26?,27?,32-,33-,34-,35?,36+,37+/m1/s1. The lowest BCUT2D eigenvalue weighted by Crippen LogP contribution is -2.62. The zero-order valence-electron chi connectivity index (χ0n) is 26.8. The van der Waals surface area contributed by atoms with Gasteiger partial charge in [0, 0.05) is 12.8 Å². The van der Waals surface area contributed by atoms with Crippen LogP contribution in [0.25, 0.3) is 0 Å². The Kier molecular flexibility index (Phi) is 11.8. The molecule has 0 N–H and O–H groups in total. The van der Waals surface area contributed by atoms with E-state index in [9.17, 15) is 4.79 Å². The summed E-state index contributed by atoms with van der Waals surface area (Å²) in [6.07, 6.45) is -4.29. The topological polar surface area (TPSA) is 81.7 Å². The highest BCUT2D eigenvalue weighted by Gasteiger charge is 2.51. The summed E-state index contributed by atoms with van der Waals surface area (Å²) in [4.78, 5) is 12.2. The Labute approximate surface area is 266 Å². The van der Waals surface area contributed by atoms with E-state index in [0.717, 1.165) is 16.7 Å². The molecule has 0 aromatic heterocycles. The lowest BCUT2D eigenvalue weighted by Gasteiger charge is -2.49. The second-order valence-corrected chi connectivity index (χ2v) is 12.1. The number of rotatable bonds is 12. The Hall–Kier alpha value is -3.11. The van der Waals surface area contributed by atoms with Crippen molar-refractivity contribution in [2.75, 3.05) is 0 Å². The minimum absolute atomic E-state index is 0.230. The van der Waals surface area contributed by atoms with Crippen molar-refractivity contribution >= 4 is 5.97 Å². The molecule has 0 saturated carbocycles. The molecule has 0 amide bonds. The van der Waals surface area contributed by atoms with Crippen molar-refractivity contribution in [1.29, 1.82) is 0 Å². The van der Waals surface area contributed by atoms with Crippen molar-refractivity contribution < 1.29 is 38.0 Å². The molecule has 0 radical (unpaired) electrons. The molecular formula is C37H46O8. The van der Waals surface area contributed by atoms with E-state index in [4.69, 9.17) is 33.2 Å². The van der Waals surface area contributed by atoms with Crippen LogP contribution in [0, 0.1) is 5.92 Å². The molecule has 3 aromatic carbocycles. The minimum Gasteiger partial charge on any atom is -0.457 e. The Morgan fingerprint density at radius 3 is 1.42 bits per heavy atom. The van der Waals surface area contributed by atoms with E-state index in [-0.39, 0.29) is 30.3 Å². The van der Waals surface area contributed by atoms with Crippen LogP contribution in [-0.2, 0) is 57.8 Å². The minimum atomic E-state index is -0.693. The first-order chi connectivity index (χ1) is 21.8. The highest BCUT2D eigenvalue weighted by atomic mass is 16.7. The lowest BCUT2D eigenvalue weighted by atomic mass is 9.91. The Morgan fingerprint density at radius 1 is 0.556 bits per heavy atom. The Balaban J connectivity index is 1.38. The third kappa shape index (κ3) is 8.79. The van der Waals surface area contributed by atoms with Crippen LogP contribution in [0.3, 0.4) is 0 Å². The molecule has 3 aromatic rings. The number of carbonyl (C=O) groups is 1.